The summed E-state index contributed by atoms with van der Waals surface area (Å²) in [5.41, 5.74) is 6.48. The van der Waals surface area contributed by atoms with Gasteiger partial charge in [0.15, 0.2) is 0 Å². The van der Waals surface area contributed by atoms with E-state index in [-0.39, 0.29) is 31.9 Å². The van der Waals surface area contributed by atoms with Gasteiger partial charge >= 0.3 is 21.1 Å². The molecule has 0 saturated heterocycles. The molecular formula is C34H29N3O2PtS. The van der Waals surface area contributed by atoms with Gasteiger partial charge in [-0.1, -0.05) is 59.7 Å². The van der Waals surface area contributed by atoms with Gasteiger partial charge in [-0.15, -0.1) is 23.8 Å². The summed E-state index contributed by atoms with van der Waals surface area (Å²) in [6, 6.07) is 23.2. The normalized spacial score (nSPS) is 12.4. The third-order valence-corrected chi connectivity index (χ3v) is 8.50. The monoisotopic (exact) mass is 738 g/mol. The summed E-state index contributed by atoms with van der Waals surface area (Å²) >= 11 is 1.74. The molecule has 4 aromatic heterocycles. The van der Waals surface area contributed by atoms with Gasteiger partial charge in [0.05, 0.1) is 17.5 Å². The van der Waals surface area contributed by atoms with Crippen molar-refractivity contribution in [3.05, 3.63) is 90.4 Å². The Bertz CT molecular complexity index is 2020. The van der Waals surface area contributed by atoms with Gasteiger partial charge in [0.1, 0.15) is 5.58 Å². The quantitative estimate of drug-likeness (QED) is 0.169. The van der Waals surface area contributed by atoms with Gasteiger partial charge < -0.3 is 14.1 Å². The Morgan fingerprint density at radius 2 is 1.68 bits per heavy atom. The van der Waals surface area contributed by atoms with Crippen LogP contribution in [0, 0.1) is 12.1 Å². The summed E-state index contributed by atoms with van der Waals surface area (Å²) in [5, 5.41) is 6.75. The molecule has 5 nitrogen and oxygen atoms in total. The van der Waals surface area contributed by atoms with Crippen LogP contribution in [0.4, 0.5) is 0 Å². The molecule has 0 fully saturated rings. The average molecular weight is 739 g/mol. The SMILES string of the molecule is CC(C)(C)c1ccnc(-c2[c-]c(Oc3[c-]c(-n4cc(C(C)(C)C)cn4)ccc3)c3oc4cccc5sc2c3c45)c1.[Pt+2]. The van der Waals surface area contributed by atoms with Crippen molar-refractivity contribution in [1.82, 2.24) is 14.8 Å². The molecule has 0 unspecified atom stereocenters. The maximum atomic E-state index is 6.51. The van der Waals surface area contributed by atoms with Gasteiger partial charge in [-0.05, 0) is 61.6 Å². The van der Waals surface area contributed by atoms with Crippen LogP contribution in [0.2, 0.25) is 0 Å². The van der Waals surface area contributed by atoms with Crippen molar-refractivity contribution < 1.29 is 30.2 Å². The van der Waals surface area contributed by atoms with Crippen LogP contribution < -0.4 is 4.74 Å². The third kappa shape index (κ3) is 4.77. The molecule has 7 heteroatoms. The minimum absolute atomic E-state index is 0. The van der Waals surface area contributed by atoms with Gasteiger partial charge in [-0.2, -0.15) is 22.5 Å². The summed E-state index contributed by atoms with van der Waals surface area (Å²) in [7, 11) is 0. The number of pyridine rings is 1. The zero-order valence-electron chi connectivity index (χ0n) is 23.7. The number of aromatic nitrogens is 3. The number of furan rings is 1. The second-order valence-corrected chi connectivity index (χ2v) is 13.4. The Labute approximate surface area is 257 Å². The van der Waals surface area contributed by atoms with Crippen LogP contribution in [0.3, 0.4) is 0 Å². The smallest absolute Gasteiger partial charge is 0.499 e. The second-order valence-electron chi connectivity index (χ2n) is 12.3. The molecule has 0 bridgehead atoms. The molecule has 0 amide bonds. The van der Waals surface area contributed by atoms with Crippen molar-refractivity contribution in [2.24, 2.45) is 0 Å². The number of nitrogens with zero attached hydrogens (tertiary/aromatic N) is 3. The maximum Gasteiger partial charge on any atom is 2.00 e. The molecular weight excluding hydrogens is 710 g/mol. The summed E-state index contributed by atoms with van der Waals surface area (Å²) in [5.74, 6) is 1.08. The van der Waals surface area contributed by atoms with Crippen LogP contribution in [0.25, 0.3) is 48.3 Å². The fraction of sp³-hybridized carbons (Fsp3) is 0.235. The number of benzene rings is 3. The summed E-state index contributed by atoms with van der Waals surface area (Å²) in [4.78, 5) is 4.77. The zero-order chi connectivity index (χ0) is 27.8. The number of ether oxygens (including phenoxy) is 1. The standard InChI is InChI=1S/C34H29N3O2S.Pt/c1-33(2,3)20-13-14-35-25(15-20)24-17-27(31-30-29-26(39-31)11-8-12-28(29)40-32(24)30)38-23-10-7-9-22(16-23)37-19-21(18-36-37)34(4,5)6;/h7-15,18-19H,1-6H3;/q-2;+2. The predicted octanol–water partition coefficient (Wildman–Crippen LogP) is 9.47. The van der Waals surface area contributed by atoms with E-state index >= 15 is 0 Å². The topological polar surface area (TPSA) is 53.1 Å². The van der Waals surface area contributed by atoms with Gasteiger partial charge in [-0.3, -0.25) is 4.68 Å². The summed E-state index contributed by atoms with van der Waals surface area (Å²) in [6.07, 6.45) is 5.83. The van der Waals surface area contributed by atoms with Crippen LogP contribution in [-0.2, 0) is 31.9 Å². The molecule has 7 rings (SSSR count). The Hall–Kier alpha value is -3.47. The first-order valence-electron chi connectivity index (χ1n) is 13.4. The fourth-order valence-electron chi connectivity index (χ4n) is 5.01. The zero-order valence-corrected chi connectivity index (χ0v) is 26.8. The Morgan fingerprint density at radius 3 is 2.44 bits per heavy atom. The van der Waals surface area contributed by atoms with Crippen molar-refractivity contribution in [2.75, 3.05) is 0 Å². The Morgan fingerprint density at radius 1 is 0.902 bits per heavy atom. The fourth-order valence-corrected chi connectivity index (χ4v) is 6.24. The van der Waals surface area contributed by atoms with E-state index in [4.69, 9.17) is 14.1 Å². The molecule has 7 aromatic rings. The van der Waals surface area contributed by atoms with Gasteiger partial charge in [-0.25, -0.2) is 0 Å². The van der Waals surface area contributed by atoms with Crippen LogP contribution in [-0.4, -0.2) is 14.8 Å². The van der Waals surface area contributed by atoms with E-state index < -0.39 is 0 Å². The van der Waals surface area contributed by atoms with Crippen LogP contribution in [0.1, 0.15) is 52.7 Å². The van der Waals surface area contributed by atoms with E-state index in [1.165, 1.54) is 10.3 Å². The van der Waals surface area contributed by atoms with Gasteiger partial charge in [0.25, 0.3) is 0 Å². The number of thiophene rings is 1. The largest absolute Gasteiger partial charge is 2.00 e. The van der Waals surface area contributed by atoms with Crippen molar-refractivity contribution >= 4 is 42.7 Å². The van der Waals surface area contributed by atoms with E-state index in [2.05, 4.69) is 77.0 Å². The number of rotatable bonds is 4. The van der Waals surface area contributed by atoms with Crippen molar-refractivity contribution in [3.63, 3.8) is 0 Å². The predicted molar refractivity (Wildman–Crippen MR) is 162 cm³/mol. The van der Waals surface area contributed by atoms with Gasteiger partial charge in [0, 0.05) is 28.2 Å². The molecule has 0 aliphatic rings. The van der Waals surface area contributed by atoms with Gasteiger partial charge in [0.2, 0.25) is 0 Å². The van der Waals surface area contributed by atoms with E-state index in [9.17, 15) is 0 Å². The average Bonchev–Trinajstić information content (AvgIpc) is 3.65. The summed E-state index contributed by atoms with van der Waals surface area (Å²) in [6.45, 7) is 13.2. The molecule has 0 aliphatic carbocycles. The molecule has 3 aromatic carbocycles. The molecule has 0 spiro atoms. The Kier molecular flexibility index (Phi) is 6.63. The first-order valence-corrected chi connectivity index (χ1v) is 14.2. The minimum Gasteiger partial charge on any atom is -0.499 e. The van der Waals surface area contributed by atoms with E-state index in [0.29, 0.717) is 17.1 Å². The van der Waals surface area contributed by atoms with Crippen LogP contribution in [0.15, 0.2) is 71.5 Å². The molecule has 4 heterocycles. The van der Waals surface area contributed by atoms with Crippen molar-refractivity contribution in [3.8, 4) is 28.4 Å². The van der Waals surface area contributed by atoms with E-state index in [1.54, 1.807) is 11.3 Å². The van der Waals surface area contributed by atoms with Crippen molar-refractivity contribution in [2.45, 2.75) is 52.4 Å². The van der Waals surface area contributed by atoms with Crippen molar-refractivity contribution in [1.29, 1.82) is 0 Å². The number of hydrogen-bond acceptors (Lipinski definition) is 5. The second kappa shape index (κ2) is 9.82. The molecule has 0 atom stereocenters. The van der Waals surface area contributed by atoms with E-state index in [1.807, 2.05) is 53.6 Å². The minimum atomic E-state index is -0.00473. The Balaban J connectivity index is 0.00000302. The van der Waals surface area contributed by atoms with Crippen LogP contribution >= 0.6 is 11.3 Å². The summed E-state index contributed by atoms with van der Waals surface area (Å²) < 4.78 is 17.0. The maximum absolute atomic E-state index is 6.51. The molecule has 0 saturated carbocycles. The molecule has 0 aliphatic heterocycles. The molecule has 0 N–H and O–H groups in total. The number of hydrogen-bond donors (Lipinski definition) is 0. The van der Waals surface area contributed by atoms with Crippen LogP contribution in [0.5, 0.6) is 11.5 Å². The first kappa shape index (κ1) is 27.7. The first-order chi connectivity index (χ1) is 19.1. The molecule has 208 valence electrons. The molecule has 41 heavy (non-hydrogen) atoms. The van der Waals surface area contributed by atoms with E-state index in [0.717, 1.165) is 43.6 Å². The molecule has 0 radical (unpaired) electrons. The third-order valence-electron chi connectivity index (χ3n) is 7.33.